The van der Waals surface area contributed by atoms with Gasteiger partial charge in [0, 0.05) is 13.1 Å². The Kier molecular flexibility index (Phi) is 2.81. The zero-order valence-electron chi connectivity index (χ0n) is 11.3. The van der Waals surface area contributed by atoms with Crippen LogP contribution in [0.1, 0.15) is 13.8 Å². The molecule has 5 heteroatoms. The van der Waals surface area contributed by atoms with Gasteiger partial charge in [-0.1, -0.05) is 17.7 Å². The minimum atomic E-state index is -0.881. The zero-order chi connectivity index (χ0) is 13.8. The smallest absolute Gasteiger partial charge is 0.232 e. The lowest BCUT2D eigenvalue weighted by molar-refractivity contribution is -0.140. The minimum absolute atomic E-state index is 0.0495. The number of hydrogen-bond donors (Lipinski definition) is 2. The van der Waals surface area contributed by atoms with Gasteiger partial charge in [-0.25, -0.2) is 0 Å². The van der Waals surface area contributed by atoms with Gasteiger partial charge in [0.1, 0.15) is 11.7 Å². The highest BCUT2D eigenvalue weighted by Gasteiger charge is 2.62. The predicted octanol–water partition coefficient (Wildman–Crippen LogP) is 0.0248. The Labute approximate surface area is 112 Å². The standard InChI is InChI=1S/C14H20N2O3/c1-4-5-16-12(17)9-10(13(16)18)19-14(3)6-8(2)7-15-11(9)14/h4,6,9-11,13,15,18H,1,5,7H2,2-3H3. The fourth-order valence-corrected chi connectivity index (χ4v) is 3.62. The van der Waals surface area contributed by atoms with Crippen LogP contribution in [0.2, 0.25) is 0 Å². The second-order valence-electron chi connectivity index (χ2n) is 5.83. The lowest BCUT2D eigenvalue weighted by atomic mass is 9.84. The third-order valence-electron chi connectivity index (χ3n) is 4.36. The first-order valence-electron chi connectivity index (χ1n) is 6.67. The molecule has 0 bridgehead atoms. The number of aliphatic hydroxyl groups is 1. The number of ether oxygens (including phenoxy) is 1. The van der Waals surface area contributed by atoms with Crippen molar-refractivity contribution in [1.82, 2.24) is 10.2 Å². The van der Waals surface area contributed by atoms with Gasteiger partial charge in [0.2, 0.25) is 5.91 Å². The number of rotatable bonds is 2. The maximum Gasteiger partial charge on any atom is 0.232 e. The van der Waals surface area contributed by atoms with Gasteiger partial charge in [-0.05, 0) is 13.8 Å². The summed E-state index contributed by atoms with van der Waals surface area (Å²) in [7, 11) is 0. The van der Waals surface area contributed by atoms with Crippen molar-refractivity contribution in [1.29, 1.82) is 0 Å². The molecule has 3 rings (SSSR count). The van der Waals surface area contributed by atoms with E-state index in [1.165, 1.54) is 10.5 Å². The van der Waals surface area contributed by atoms with Crippen LogP contribution in [0.3, 0.4) is 0 Å². The zero-order valence-corrected chi connectivity index (χ0v) is 11.3. The Hall–Kier alpha value is -1.17. The molecule has 2 fully saturated rings. The number of nitrogens with zero attached hydrogens (tertiary/aromatic N) is 1. The van der Waals surface area contributed by atoms with Crippen molar-refractivity contribution in [3.8, 4) is 0 Å². The molecule has 5 unspecified atom stereocenters. The summed E-state index contributed by atoms with van der Waals surface area (Å²) in [6.45, 7) is 8.75. The van der Waals surface area contributed by atoms with E-state index in [1.54, 1.807) is 6.08 Å². The van der Waals surface area contributed by atoms with Crippen LogP contribution in [0.4, 0.5) is 0 Å². The lowest BCUT2D eigenvalue weighted by Crippen LogP contribution is -2.54. The summed E-state index contributed by atoms with van der Waals surface area (Å²) in [5.74, 6) is -0.365. The van der Waals surface area contributed by atoms with Crippen molar-refractivity contribution in [2.24, 2.45) is 5.92 Å². The monoisotopic (exact) mass is 264 g/mol. The number of nitrogens with one attached hydrogen (secondary N) is 1. The second kappa shape index (κ2) is 4.16. The Bertz CT molecular complexity index is 462. The number of fused-ring (bicyclic) bond motifs is 3. The van der Waals surface area contributed by atoms with Crippen LogP contribution < -0.4 is 5.32 Å². The number of carbonyl (C=O) groups excluding carboxylic acids is 1. The summed E-state index contributed by atoms with van der Waals surface area (Å²) < 4.78 is 6.02. The number of amides is 1. The molecule has 5 nitrogen and oxygen atoms in total. The highest BCUT2D eigenvalue weighted by atomic mass is 16.5. The Morgan fingerprint density at radius 3 is 3.16 bits per heavy atom. The SMILES string of the molecule is C=CCN1C(=O)C2C(OC3(C)C=C(C)CNC23)C1O. The lowest BCUT2D eigenvalue weighted by Gasteiger charge is -2.36. The first kappa shape index (κ1) is 12.8. The van der Waals surface area contributed by atoms with Crippen LogP contribution in [0.5, 0.6) is 0 Å². The first-order valence-corrected chi connectivity index (χ1v) is 6.67. The summed E-state index contributed by atoms with van der Waals surface area (Å²) in [6.07, 6.45) is 2.36. The molecule has 2 N–H and O–H groups in total. The molecule has 0 aromatic heterocycles. The second-order valence-corrected chi connectivity index (χ2v) is 5.83. The maximum absolute atomic E-state index is 12.4. The maximum atomic E-state index is 12.4. The van der Waals surface area contributed by atoms with Crippen LogP contribution in [0, 0.1) is 5.92 Å². The van der Waals surface area contributed by atoms with Crippen LogP contribution in [0.15, 0.2) is 24.3 Å². The van der Waals surface area contributed by atoms with Crippen LogP contribution in [-0.2, 0) is 9.53 Å². The van der Waals surface area contributed by atoms with Crippen molar-refractivity contribution in [3.05, 3.63) is 24.3 Å². The quantitative estimate of drug-likeness (QED) is 0.691. The molecule has 19 heavy (non-hydrogen) atoms. The van der Waals surface area contributed by atoms with Crippen molar-refractivity contribution in [3.63, 3.8) is 0 Å². The summed E-state index contributed by atoms with van der Waals surface area (Å²) in [4.78, 5) is 13.9. The van der Waals surface area contributed by atoms with Gasteiger partial charge in [-0.3, -0.25) is 4.79 Å². The van der Waals surface area contributed by atoms with Crippen LogP contribution in [0.25, 0.3) is 0 Å². The Morgan fingerprint density at radius 2 is 2.47 bits per heavy atom. The van der Waals surface area contributed by atoms with Crippen molar-refractivity contribution in [2.45, 2.75) is 37.8 Å². The molecular formula is C14H20N2O3. The fraction of sp³-hybridized carbons (Fsp3) is 0.643. The number of hydrogen-bond acceptors (Lipinski definition) is 4. The molecule has 1 amide bonds. The first-order chi connectivity index (χ1) is 8.98. The third kappa shape index (κ3) is 1.69. The van der Waals surface area contributed by atoms with Gasteiger partial charge in [0.25, 0.3) is 0 Å². The van der Waals surface area contributed by atoms with Crippen molar-refractivity contribution >= 4 is 5.91 Å². The van der Waals surface area contributed by atoms with E-state index in [2.05, 4.69) is 18.0 Å². The van der Waals surface area contributed by atoms with Crippen LogP contribution in [-0.4, -0.2) is 53.0 Å². The summed E-state index contributed by atoms with van der Waals surface area (Å²) in [6, 6.07) is -0.0711. The number of aliphatic hydroxyl groups excluding tert-OH is 1. The van der Waals surface area contributed by atoms with Crippen LogP contribution >= 0.6 is 0 Å². The van der Waals surface area contributed by atoms with E-state index in [1.807, 2.05) is 13.8 Å². The van der Waals surface area contributed by atoms with Gasteiger partial charge in [0.05, 0.1) is 12.0 Å². The number of likely N-dealkylation sites (tertiary alicyclic amines) is 1. The predicted molar refractivity (Wildman–Crippen MR) is 70.2 cm³/mol. The highest BCUT2D eigenvalue weighted by molar-refractivity contribution is 5.84. The van der Waals surface area contributed by atoms with Gasteiger partial charge >= 0.3 is 0 Å². The molecule has 104 valence electrons. The molecule has 3 aliphatic heterocycles. The fourth-order valence-electron chi connectivity index (χ4n) is 3.62. The van der Waals surface area contributed by atoms with Gasteiger partial charge in [0.15, 0.2) is 6.23 Å². The van der Waals surface area contributed by atoms with E-state index in [0.29, 0.717) is 6.54 Å². The topological polar surface area (TPSA) is 61.8 Å². The number of carbonyl (C=O) groups is 1. The van der Waals surface area contributed by atoms with E-state index in [-0.39, 0.29) is 17.9 Å². The molecule has 0 saturated carbocycles. The largest absolute Gasteiger partial charge is 0.371 e. The van der Waals surface area contributed by atoms with E-state index in [4.69, 9.17) is 4.74 Å². The molecule has 0 radical (unpaired) electrons. The Balaban J connectivity index is 1.93. The average molecular weight is 264 g/mol. The van der Waals surface area contributed by atoms with E-state index in [9.17, 15) is 9.90 Å². The third-order valence-corrected chi connectivity index (χ3v) is 4.36. The molecule has 0 spiro atoms. The van der Waals surface area contributed by atoms with E-state index >= 15 is 0 Å². The highest BCUT2D eigenvalue weighted by Crippen LogP contribution is 2.45. The van der Waals surface area contributed by atoms with Crippen molar-refractivity contribution < 1.29 is 14.6 Å². The summed E-state index contributed by atoms with van der Waals surface area (Å²) in [5.41, 5.74) is 0.692. The molecule has 2 saturated heterocycles. The normalized spacial score (nSPS) is 44.9. The van der Waals surface area contributed by atoms with E-state index in [0.717, 1.165) is 6.54 Å². The van der Waals surface area contributed by atoms with Gasteiger partial charge in [-0.2, -0.15) is 0 Å². The van der Waals surface area contributed by atoms with Gasteiger partial charge in [-0.15, -0.1) is 6.58 Å². The molecule has 3 heterocycles. The molecule has 0 aromatic carbocycles. The molecule has 3 aliphatic rings. The van der Waals surface area contributed by atoms with Crippen molar-refractivity contribution in [2.75, 3.05) is 13.1 Å². The summed E-state index contributed by atoms with van der Waals surface area (Å²) >= 11 is 0. The van der Waals surface area contributed by atoms with E-state index < -0.39 is 17.9 Å². The average Bonchev–Trinajstić information content (AvgIpc) is 2.76. The molecule has 5 atom stereocenters. The molecule has 0 aromatic rings. The Morgan fingerprint density at radius 1 is 1.74 bits per heavy atom. The minimum Gasteiger partial charge on any atom is -0.371 e. The molecular weight excluding hydrogens is 244 g/mol. The van der Waals surface area contributed by atoms with Gasteiger partial charge < -0.3 is 20.1 Å². The molecule has 0 aliphatic carbocycles. The summed E-state index contributed by atoms with van der Waals surface area (Å²) in [5, 5.41) is 13.7.